The summed E-state index contributed by atoms with van der Waals surface area (Å²) in [6, 6.07) is 3.70. The molecule has 106 valence electrons. The second-order valence-electron chi connectivity index (χ2n) is 4.94. The van der Waals surface area contributed by atoms with Gasteiger partial charge in [-0.1, -0.05) is 13.0 Å². The number of aromatic nitrogens is 1. The lowest BCUT2D eigenvalue weighted by Crippen LogP contribution is -2.39. The summed E-state index contributed by atoms with van der Waals surface area (Å²) in [7, 11) is 0. The molecule has 3 N–H and O–H groups in total. The summed E-state index contributed by atoms with van der Waals surface area (Å²) in [5, 5.41) is 14.8. The third-order valence-corrected chi connectivity index (χ3v) is 2.78. The molecule has 0 fully saturated rings. The monoisotopic (exact) mass is 265 g/mol. The Kier molecular flexibility index (Phi) is 6.89. The zero-order chi connectivity index (χ0) is 14.1. The van der Waals surface area contributed by atoms with Gasteiger partial charge in [-0.15, -0.1) is 0 Å². The number of hydrogen-bond donors (Lipinski definition) is 3. The Hall–Kier alpha value is -1.62. The van der Waals surface area contributed by atoms with Crippen molar-refractivity contribution in [2.75, 3.05) is 13.1 Å². The molecule has 0 aliphatic rings. The summed E-state index contributed by atoms with van der Waals surface area (Å²) in [5.74, 6) is 0.268. The predicted molar refractivity (Wildman–Crippen MR) is 74.8 cm³/mol. The van der Waals surface area contributed by atoms with E-state index in [9.17, 15) is 9.90 Å². The molecule has 1 rings (SSSR count). The third-order valence-electron chi connectivity index (χ3n) is 2.78. The largest absolute Gasteiger partial charge is 0.393 e. The van der Waals surface area contributed by atoms with Crippen LogP contribution in [-0.4, -0.2) is 35.3 Å². The Bertz CT molecular complexity index is 368. The maximum absolute atomic E-state index is 11.5. The van der Waals surface area contributed by atoms with Crippen LogP contribution in [0.25, 0.3) is 0 Å². The maximum Gasteiger partial charge on any atom is 0.314 e. The molecule has 2 atom stereocenters. The minimum atomic E-state index is -0.328. The van der Waals surface area contributed by atoms with Gasteiger partial charge in [0, 0.05) is 25.5 Å². The van der Waals surface area contributed by atoms with E-state index in [-0.39, 0.29) is 18.1 Å². The molecule has 0 aliphatic carbocycles. The lowest BCUT2D eigenvalue weighted by Gasteiger charge is -2.14. The van der Waals surface area contributed by atoms with E-state index in [0.717, 1.165) is 12.0 Å². The first-order valence-electron chi connectivity index (χ1n) is 6.66. The summed E-state index contributed by atoms with van der Waals surface area (Å²) in [5.41, 5.74) is 1.10. The van der Waals surface area contributed by atoms with Crippen LogP contribution in [0.3, 0.4) is 0 Å². The Labute approximate surface area is 114 Å². The van der Waals surface area contributed by atoms with Gasteiger partial charge >= 0.3 is 6.03 Å². The standard InChI is InChI=1S/C14H23N3O2/c1-11(8-12(2)18)9-17-14(19)16-7-5-13-4-3-6-15-10-13/h3-4,6,10-12,18H,5,7-9H2,1-2H3,(H2,16,17,19). The summed E-state index contributed by atoms with van der Waals surface area (Å²) in [6.45, 7) is 4.92. The second kappa shape index (κ2) is 8.48. The quantitative estimate of drug-likeness (QED) is 0.696. The maximum atomic E-state index is 11.5. The van der Waals surface area contributed by atoms with Crippen LogP contribution in [0.4, 0.5) is 4.79 Å². The summed E-state index contributed by atoms with van der Waals surface area (Å²) in [6.07, 6.45) is 4.66. The first-order chi connectivity index (χ1) is 9.08. The van der Waals surface area contributed by atoms with Gasteiger partial charge in [0.15, 0.2) is 0 Å². The van der Waals surface area contributed by atoms with Crippen LogP contribution in [0.5, 0.6) is 0 Å². The SMILES string of the molecule is CC(O)CC(C)CNC(=O)NCCc1cccnc1. The number of amides is 2. The van der Waals surface area contributed by atoms with Crippen LogP contribution in [0.2, 0.25) is 0 Å². The molecule has 1 heterocycles. The highest BCUT2D eigenvalue weighted by atomic mass is 16.3. The molecule has 0 saturated heterocycles. The van der Waals surface area contributed by atoms with Gasteiger partial charge in [0.25, 0.3) is 0 Å². The van der Waals surface area contributed by atoms with Gasteiger partial charge in [0.2, 0.25) is 0 Å². The Morgan fingerprint density at radius 3 is 2.84 bits per heavy atom. The van der Waals surface area contributed by atoms with Gasteiger partial charge in [-0.25, -0.2) is 4.79 Å². The molecule has 0 aromatic carbocycles. The topological polar surface area (TPSA) is 74.2 Å². The van der Waals surface area contributed by atoms with Crippen LogP contribution < -0.4 is 10.6 Å². The van der Waals surface area contributed by atoms with Crippen LogP contribution in [0, 0.1) is 5.92 Å². The minimum Gasteiger partial charge on any atom is -0.393 e. The normalized spacial score (nSPS) is 13.6. The van der Waals surface area contributed by atoms with Crippen LogP contribution >= 0.6 is 0 Å². The van der Waals surface area contributed by atoms with Crippen molar-refractivity contribution in [3.05, 3.63) is 30.1 Å². The Morgan fingerprint density at radius 1 is 1.42 bits per heavy atom. The average Bonchev–Trinajstić information content (AvgIpc) is 2.37. The summed E-state index contributed by atoms with van der Waals surface area (Å²) < 4.78 is 0. The van der Waals surface area contributed by atoms with Gasteiger partial charge in [0.1, 0.15) is 0 Å². The molecule has 0 radical (unpaired) electrons. The Morgan fingerprint density at radius 2 is 2.21 bits per heavy atom. The number of aliphatic hydroxyl groups excluding tert-OH is 1. The third kappa shape index (κ3) is 7.41. The number of aliphatic hydroxyl groups is 1. The molecule has 1 aromatic heterocycles. The molecular weight excluding hydrogens is 242 g/mol. The van der Waals surface area contributed by atoms with E-state index in [0.29, 0.717) is 19.5 Å². The predicted octanol–water partition coefficient (Wildman–Crippen LogP) is 1.33. The van der Waals surface area contributed by atoms with Crippen molar-refractivity contribution in [1.29, 1.82) is 0 Å². The van der Waals surface area contributed by atoms with Crippen molar-refractivity contribution in [2.24, 2.45) is 5.92 Å². The van der Waals surface area contributed by atoms with Crippen molar-refractivity contribution in [1.82, 2.24) is 15.6 Å². The van der Waals surface area contributed by atoms with Crippen molar-refractivity contribution in [3.8, 4) is 0 Å². The summed E-state index contributed by atoms with van der Waals surface area (Å²) in [4.78, 5) is 15.5. The fraction of sp³-hybridized carbons (Fsp3) is 0.571. The Balaban J connectivity index is 2.11. The number of hydrogen-bond acceptors (Lipinski definition) is 3. The number of pyridine rings is 1. The minimum absolute atomic E-state index is 0.165. The molecule has 2 unspecified atom stereocenters. The van der Waals surface area contributed by atoms with E-state index in [1.807, 2.05) is 19.1 Å². The van der Waals surface area contributed by atoms with Crippen LogP contribution in [0.15, 0.2) is 24.5 Å². The first kappa shape index (κ1) is 15.4. The number of nitrogens with zero attached hydrogens (tertiary/aromatic N) is 1. The fourth-order valence-corrected chi connectivity index (χ4v) is 1.86. The highest BCUT2D eigenvalue weighted by Gasteiger charge is 2.07. The van der Waals surface area contributed by atoms with Gasteiger partial charge in [-0.2, -0.15) is 0 Å². The van der Waals surface area contributed by atoms with Crippen molar-refractivity contribution in [3.63, 3.8) is 0 Å². The molecular formula is C14H23N3O2. The van der Waals surface area contributed by atoms with E-state index < -0.39 is 0 Å². The van der Waals surface area contributed by atoms with Gasteiger partial charge in [-0.05, 0) is 37.3 Å². The first-order valence-corrected chi connectivity index (χ1v) is 6.66. The molecule has 0 aliphatic heterocycles. The summed E-state index contributed by atoms with van der Waals surface area (Å²) >= 11 is 0. The molecule has 19 heavy (non-hydrogen) atoms. The number of urea groups is 1. The second-order valence-corrected chi connectivity index (χ2v) is 4.94. The highest BCUT2D eigenvalue weighted by molar-refractivity contribution is 5.73. The molecule has 1 aromatic rings. The molecule has 0 spiro atoms. The van der Waals surface area contributed by atoms with E-state index >= 15 is 0 Å². The lowest BCUT2D eigenvalue weighted by atomic mass is 10.1. The average molecular weight is 265 g/mol. The zero-order valence-electron chi connectivity index (χ0n) is 11.6. The highest BCUT2D eigenvalue weighted by Crippen LogP contribution is 2.03. The van der Waals surface area contributed by atoms with Crippen molar-refractivity contribution < 1.29 is 9.90 Å². The van der Waals surface area contributed by atoms with E-state index in [1.54, 1.807) is 19.3 Å². The molecule has 5 heteroatoms. The van der Waals surface area contributed by atoms with Crippen LogP contribution in [0.1, 0.15) is 25.8 Å². The number of carbonyl (C=O) groups excluding carboxylic acids is 1. The zero-order valence-corrected chi connectivity index (χ0v) is 11.6. The van der Waals surface area contributed by atoms with E-state index in [1.165, 1.54) is 0 Å². The van der Waals surface area contributed by atoms with E-state index in [4.69, 9.17) is 0 Å². The smallest absolute Gasteiger partial charge is 0.314 e. The lowest BCUT2D eigenvalue weighted by molar-refractivity contribution is 0.163. The fourth-order valence-electron chi connectivity index (χ4n) is 1.86. The molecule has 0 bridgehead atoms. The van der Waals surface area contributed by atoms with E-state index in [2.05, 4.69) is 15.6 Å². The van der Waals surface area contributed by atoms with Gasteiger partial charge < -0.3 is 15.7 Å². The van der Waals surface area contributed by atoms with Crippen molar-refractivity contribution >= 4 is 6.03 Å². The van der Waals surface area contributed by atoms with Crippen LogP contribution in [-0.2, 0) is 6.42 Å². The molecule has 0 saturated carbocycles. The number of rotatable bonds is 7. The molecule has 2 amide bonds. The molecule has 5 nitrogen and oxygen atoms in total. The number of carbonyl (C=O) groups is 1. The van der Waals surface area contributed by atoms with Gasteiger partial charge in [0.05, 0.1) is 6.10 Å². The number of nitrogens with one attached hydrogen (secondary N) is 2. The van der Waals surface area contributed by atoms with Gasteiger partial charge in [-0.3, -0.25) is 4.98 Å². The van der Waals surface area contributed by atoms with Crippen molar-refractivity contribution in [2.45, 2.75) is 32.8 Å².